The van der Waals surface area contributed by atoms with Gasteiger partial charge in [-0.3, -0.25) is 9.59 Å². The van der Waals surface area contributed by atoms with Gasteiger partial charge >= 0.3 is 0 Å². The van der Waals surface area contributed by atoms with Crippen molar-refractivity contribution in [3.63, 3.8) is 0 Å². The summed E-state index contributed by atoms with van der Waals surface area (Å²) in [5, 5.41) is 5.14. The maximum absolute atomic E-state index is 12.5. The summed E-state index contributed by atoms with van der Waals surface area (Å²) in [5.41, 5.74) is 0.660. The molecule has 0 aliphatic carbocycles. The van der Waals surface area contributed by atoms with Crippen molar-refractivity contribution in [2.24, 2.45) is 0 Å². The van der Waals surface area contributed by atoms with Crippen LogP contribution in [0, 0.1) is 0 Å². The van der Waals surface area contributed by atoms with Crippen LogP contribution in [0.2, 0.25) is 0 Å². The number of nitrogens with one attached hydrogen (secondary N) is 3. The number of ether oxygens (including phenoxy) is 1. The third-order valence-electron chi connectivity index (χ3n) is 3.66. The Balaban J connectivity index is 2.12. The Morgan fingerprint density at radius 3 is 2.45 bits per heavy atom. The number of anilines is 1. The lowest BCUT2D eigenvalue weighted by Crippen LogP contribution is -2.33. The number of rotatable bonds is 8. The first-order valence-corrected chi connectivity index (χ1v) is 10.9. The van der Waals surface area contributed by atoms with Crippen LogP contribution in [0.1, 0.15) is 24.2 Å². The molecular weight excluding hydrogens is 462 g/mol. The lowest BCUT2D eigenvalue weighted by molar-refractivity contribution is -0.115. The van der Waals surface area contributed by atoms with Crippen LogP contribution >= 0.6 is 15.9 Å². The van der Waals surface area contributed by atoms with Crippen molar-refractivity contribution in [2.75, 3.05) is 19.0 Å². The van der Waals surface area contributed by atoms with Gasteiger partial charge in [0, 0.05) is 16.1 Å². The molecule has 2 rings (SSSR count). The molecule has 8 nitrogen and oxygen atoms in total. The number of carbonyl (C=O) groups is 2. The van der Waals surface area contributed by atoms with Crippen molar-refractivity contribution in [2.45, 2.75) is 24.8 Å². The number of hydrogen-bond acceptors (Lipinski definition) is 5. The van der Waals surface area contributed by atoms with Crippen LogP contribution in [0.25, 0.3) is 0 Å². The summed E-state index contributed by atoms with van der Waals surface area (Å²) in [6, 6.07) is 10.8. The van der Waals surface area contributed by atoms with Crippen molar-refractivity contribution in [3.05, 3.63) is 52.5 Å². The smallest absolute Gasteiger partial charge is 0.251 e. The molecule has 29 heavy (non-hydrogen) atoms. The van der Waals surface area contributed by atoms with Crippen molar-refractivity contribution < 1.29 is 22.7 Å². The average molecular weight is 484 g/mol. The third kappa shape index (κ3) is 6.28. The van der Waals surface area contributed by atoms with Gasteiger partial charge in [0.05, 0.1) is 19.3 Å². The minimum Gasteiger partial charge on any atom is -0.495 e. The second-order valence-electron chi connectivity index (χ2n) is 6.35. The van der Waals surface area contributed by atoms with Gasteiger partial charge in [-0.2, -0.15) is 0 Å². The summed E-state index contributed by atoms with van der Waals surface area (Å²) in [5.74, 6) is -0.898. The first-order chi connectivity index (χ1) is 13.6. The van der Waals surface area contributed by atoms with Gasteiger partial charge in [-0.05, 0) is 60.1 Å². The normalized spacial score (nSPS) is 11.2. The molecule has 2 aromatic carbocycles. The molecule has 0 saturated carbocycles. The highest BCUT2D eigenvalue weighted by atomic mass is 79.9. The van der Waals surface area contributed by atoms with E-state index >= 15 is 0 Å². The van der Waals surface area contributed by atoms with E-state index in [9.17, 15) is 18.0 Å². The number of halogens is 1. The van der Waals surface area contributed by atoms with Gasteiger partial charge in [0.1, 0.15) is 10.6 Å². The van der Waals surface area contributed by atoms with E-state index in [2.05, 4.69) is 31.3 Å². The summed E-state index contributed by atoms with van der Waals surface area (Å²) < 4.78 is 33.3. The van der Waals surface area contributed by atoms with E-state index < -0.39 is 21.8 Å². The molecule has 156 valence electrons. The molecular formula is C19H22BrN3O5S. The summed E-state index contributed by atoms with van der Waals surface area (Å²) in [7, 11) is -2.53. The Morgan fingerprint density at radius 2 is 1.83 bits per heavy atom. The van der Waals surface area contributed by atoms with Crippen LogP contribution in [0.15, 0.2) is 51.8 Å². The quantitative estimate of drug-likeness (QED) is 0.533. The Labute approximate surface area is 178 Å². The molecule has 0 aromatic heterocycles. The predicted molar refractivity (Wildman–Crippen MR) is 114 cm³/mol. The number of para-hydroxylation sites is 1. The van der Waals surface area contributed by atoms with E-state index in [4.69, 9.17) is 4.74 Å². The lowest BCUT2D eigenvalue weighted by atomic mass is 10.2. The van der Waals surface area contributed by atoms with E-state index in [0.717, 1.165) is 0 Å². The first-order valence-electron chi connectivity index (χ1n) is 8.67. The van der Waals surface area contributed by atoms with Crippen molar-refractivity contribution in [3.8, 4) is 5.75 Å². The number of benzene rings is 2. The Hall–Kier alpha value is -2.43. The highest BCUT2D eigenvalue weighted by Gasteiger charge is 2.22. The van der Waals surface area contributed by atoms with Crippen LogP contribution < -0.4 is 20.1 Å². The molecule has 0 bridgehead atoms. The molecule has 0 atom stereocenters. The minimum atomic E-state index is -3.87. The Morgan fingerprint density at radius 1 is 1.14 bits per heavy atom. The third-order valence-corrected chi connectivity index (χ3v) is 6.03. The average Bonchev–Trinajstić information content (AvgIpc) is 2.66. The molecule has 2 aromatic rings. The topological polar surface area (TPSA) is 114 Å². The van der Waals surface area contributed by atoms with E-state index in [-0.39, 0.29) is 28.8 Å². The zero-order chi connectivity index (χ0) is 21.6. The molecule has 10 heteroatoms. The second-order valence-corrected chi connectivity index (χ2v) is 8.89. The molecule has 0 aliphatic heterocycles. The summed E-state index contributed by atoms with van der Waals surface area (Å²) in [4.78, 5) is 24.3. The van der Waals surface area contributed by atoms with Gasteiger partial charge in [0.2, 0.25) is 15.9 Å². The molecule has 0 heterocycles. The Kier molecular flexibility index (Phi) is 7.77. The van der Waals surface area contributed by atoms with Gasteiger partial charge in [0.25, 0.3) is 5.91 Å². The molecule has 0 saturated heterocycles. The first kappa shape index (κ1) is 22.9. The van der Waals surface area contributed by atoms with Gasteiger partial charge in [-0.15, -0.1) is 0 Å². The summed E-state index contributed by atoms with van der Waals surface area (Å²) in [6.45, 7) is 3.09. The van der Waals surface area contributed by atoms with E-state index in [1.807, 2.05) is 6.07 Å². The van der Waals surface area contributed by atoms with Crippen molar-refractivity contribution in [1.29, 1.82) is 0 Å². The predicted octanol–water partition coefficient (Wildman–Crippen LogP) is 2.51. The van der Waals surface area contributed by atoms with E-state index in [0.29, 0.717) is 10.2 Å². The van der Waals surface area contributed by atoms with Gasteiger partial charge < -0.3 is 15.4 Å². The van der Waals surface area contributed by atoms with Crippen LogP contribution in [0.4, 0.5) is 5.69 Å². The molecule has 2 amide bonds. The fourth-order valence-corrected chi connectivity index (χ4v) is 4.25. The zero-order valence-corrected chi connectivity index (χ0v) is 18.6. The highest BCUT2D eigenvalue weighted by molar-refractivity contribution is 9.10. The largest absolute Gasteiger partial charge is 0.495 e. The Bertz CT molecular complexity index is 1010. The van der Waals surface area contributed by atoms with Crippen LogP contribution in [0.5, 0.6) is 5.75 Å². The monoisotopic (exact) mass is 483 g/mol. The molecule has 0 fully saturated rings. The fraction of sp³-hybridized carbons (Fsp3) is 0.263. The van der Waals surface area contributed by atoms with E-state index in [1.54, 1.807) is 32.0 Å². The maximum Gasteiger partial charge on any atom is 0.251 e. The SMILES string of the molecule is COc1ccc(C(=O)NCC(=O)Nc2ccccc2Br)cc1S(=O)(=O)NC(C)C. The summed E-state index contributed by atoms with van der Waals surface area (Å²) in [6.07, 6.45) is 0. The number of hydrogen-bond donors (Lipinski definition) is 3. The second kappa shape index (κ2) is 9.86. The standard InChI is InChI=1S/C19H22BrN3O5S/c1-12(2)23-29(26,27)17-10-13(8-9-16(17)28-3)19(25)21-11-18(24)22-15-7-5-4-6-14(15)20/h4-10,12,23H,11H2,1-3H3,(H,21,25)(H,22,24). The summed E-state index contributed by atoms with van der Waals surface area (Å²) >= 11 is 3.32. The molecule has 3 N–H and O–H groups in total. The van der Waals surface area contributed by atoms with Crippen LogP contribution in [-0.2, 0) is 14.8 Å². The highest BCUT2D eigenvalue weighted by Crippen LogP contribution is 2.25. The van der Waals surface area contributed by atoms with Crippen molar-refractivity contribution in [1.82, 2.24) is 10.0 Å². The fourth-order valence-electron chi connectivity index (χ4n) is 2.42. The van der Waals surface area contributed by atoms with Crippen molar-refractivity contribution >= 4 is 43.5 Å². The number of amides is 2. The maximum atomic E-state index is 12.5. The lowest BCUT2D eigenvalue weighted by Gasteiger charge is -2.14. The van der Waals surface area contributed by atoms with Gasteiger partial charge in [-0.25, -0.2) is 13.1 Å². The molecule has 0 spiro atoms. The zero-order valence-electron chi connectivity index (χ0n) is 16.2. The van der Waals surface area contributed by atoms with Crippen LogP contribution in [-0.4, -0.2) is 39.9 Å². The van der Waals surface area contributed by atoms with Gasteiger partial charge in [0.15, 0.2) is 0 Å². The number of carbonyl (C=O) groups excluding carboxylic acids is 2. The van der Waals surface area contributed by atoms with Crippen LogP contribution in [0.3, 0.4) is 0 Å². The van der Waals surface area contributed by atoms with Gasteiger partial charge in [-0.1, -0.05) is 12.1 Å². The minimum absolute atomic E-state index is 0.0867. The number of methoxy groups -OCH3 is 1. The molecule has 0 unspecified atom stereocenters. The molecule has 0 aliphatic rings. The number of sulfonamides is 1. The van der Waals surface area contributed by atoms with E-state index in [1.165, 1.54) is 25.3 Å². The molecule has 0 radical (unpaired) electrons.